The molecule has 0 aromatic heterocycles. The number of aliphatic hydroxyl groups excluding tert-OH is 1. The Morgan fingerprint density at radius 2 is 1.86 bits per heavy atom. The summed E-state index contributed by atoms with van der Waals surface area (Å²) in [7, 11) is 5.96. The number of benzene rings is 1. The molecule has 4 atom stereocenters. The Labute approximate surface area is 201 Å². The second-order valence-corrected chi connectivity index (χ2v) is 8.84. The summed E-state index contributed by atoms with van der Waals surface area (Å²) in [5.41, 5.74) is 0.631. The summed E-state index contributed by atoms with van der Waals surface area (Å²) in [5, 5.41) is 36.1. The van der Waals surface area contributed by atoms with Crippen LogP contribution in [0.15, 0.2) is 12.1 Å². The van der Waals surface area contributed by atoms with Crippen LogP contribution in [0.4, 0.5) is 4.79 Å². The summed E-state index contributed by atoms with van der Waals surface area (Å²) >= 11 is 0. The maximum atomic E-state index is 12.4. The maximum Gasteiger partial charge on any atom is 0.505 e. The number of ether oxygens (including phenoxy) is 5. The predicted octanol–water partition coefficient (Wildman–Crippen LogP) is -0.361. The smallest absolute Gasteiger partial charge is 0.492 e. The third kappa shape index (κ3) is 4.20. The van der Waals surface area contributed by atoms with Crippen LogP contribution in [0.25, 0.3) is 5.57 Å². The van der Waals surface area contributed by atoms with E-state index < -0.39 is 42.3 Å². The Morgan fingerprint density at radius 1 is 1.20 bits per heavy atom. The highest BCUT2D eigenvalue weighted by atomic mass is 17.0. The van der Waals surface area contributed by atoms with E-state index in [4.69, 9.17) is 23.7 Å². The van der Waals surface area contributed by atoms with E-state index in [1.807, 2.05) is 0 Å². The Balaban J connectivity index is 1.91. The number of likely N-dealkylation sites (N-methyl/N-ethyl adjacent to an activating group) is 1. The summed E-state index contributed by atoms with van der Waals surface area (Å²) in [6.07, 6.45) is -3.60. The highest BCUT2D eigenvalue weighted by molar-refractivity contribution is 5.93. The molecule has 1 saturated heterocycles. The molecule has 1 aromatic rings. The van der Waals surface area contributed by atoms with Crippen LogP contribution in [-0.2, 0) is 9.47 Å². The number of hydrogen-bond acceptors (Lipinski definition) is 11. The van der Waals surface area contributed by atoms with Gasteiger partial charge in [-0.3, -0.25) is 20.0 Å². The Morgan fingerprint density at radius 3 is 2.46 bits per heavy atom. The van der Waals surface area contributed by atoms with Gasteiger partial charge in [0.15, 0.2) is 23.6 Å². The molecule has 2 amide bonds. The van der Waals surface area contributed by atoms with Crippen molar-refractivity contribution in [1.82, 2.24) is 15.3 Å². The second kappa shape index (κ2) is 8.62. The molecule has 1 fully saturated rings. The maximum absolute atomic E-state index is 12.4. The zero-order valence-corrected chi connectivity index (χ0v) is 20.1. The molecule has 35 heavy (non-hydrogen) atoms. The van der Waals surface area contributed by atoms with E-state index in [2.05, 4.69) is 5.32 Å². The van der Waals surface area contributed by atoms with Gasteiger partial charge < -0.3 is 34.1 Å². The second-order valence-electron chi connectivity index (χ2n) is 8.84. The van der Waals surface area contributed by atoms with Gasteiger partial charge in [-0.25, -0.2) is 9.80 Å². The molecule has 1 aliphatic carbocycles. The molecule has 0 bridgehead atoms. The fourth-order valence-corrected chi connectivity index (χ4v) is 4.69. The number of carbonyl (C=O) groups excluding carboxylic acids is 2. The van der Waals surface area contributed by atoms with Crippen LogP contribution in [0.5, 0.6) is 17.2 Å². The van der Waals surface area contributed by atoms with Crippen LogP contribution in [0.2, 0.25) is 0 Å². The van der Waals surface area contributed by atoms with E-state index in [-0.39, 0.29) is 28.4 Å². The minimum absolute atomic E-state index is 0.00335. The van der Waals surface area contributed by atoms with Crippen molar-refractivity contribution < 1.29 is 48.6 Å². The van der Waals surface area contributed by atoms with Crippen LogP contribution < -0.4 is 19.5 Å². The molecule has 3 aliphatic rings. The van der Waals surface area contributed by atoms with Crippen LogP contribution in [0.1, 0.15) is 29.8 Å². The molecular formula is C22H29N3O10. The number of carbonyl (C=O) groups is 2. The number of urea groups is 1. The van der Waals surface area contributed by atoms with Crippen molar-refractivity contribution in [2.75, 3.05) is 28.3 Å². The highest BCUT2D eigenvalue weighted by Crippen LogP contribution is 2.51. The molecular weight excluding hydrogens is 466 g/mol. The molecule has 2 heterocycles. The van der Waals surface area contributed by atoms with Gasteiger partial charge in [-0.15, -0.1) is 0 Å². The number of fused-ring (bicyclic) bond motifs is 2. The number of hydrazine groups is 1. The number of hydrogen-bond donors (Lipinski definition) is 4. The van der Waals surface area contributed by atoms with Gasteiger partial charge in [0.05, 0.1) is 18.7 Å². The third-order valence-electron chi connectivity index (χ3n) is 6.22. The zero-order valence-electron chi connectivity index (χ0n) is 20.1. The van der Waals surface area contributed by atoms with Crippen molar-refractivity contribution in [2.45, 2.75) is 50.1 Å². The van der Waals surface area contributed by atoms with E-state index >= 15 is 0 Å². The molecule has 13 heteroatoms. The summed E-state index contributed by atoms with van der Waals surface area (Å²) in [4.78, 5) is 24.7. The number of nitrogens with zero attached hydrogens (tertiary/aromatic N) is 2. The third-order valence-corrected chi connectivity index (χ3v) is 6.22. The summed E-state index contributed by atoms with van der Waals surface area (Å²) in [6.45, 7) is 3.42. The van der Waals surface area contributed by atoms with E-state index in [1.165, 1.54) is 31.3 Å². The van der Waals surface area contributed by atoms with E-state index in [1.54, 1.807) is 33.0 Å². The quantitative estimate of drug-likeness (QED) is 0.240. The van der Waals surface area contributed by atoms with Crippen molar-refractivity contribution in [3.8, 4) is 17.2 Å². The first-order chi connectivity index (χ1) is 16.3. The van der Waals surface area contributed by atoms with Crippen molar-refractivity contribution in [3.05, 3.63) is 23.3 Å². The number of amides is 2. The van der Waals surface area contributed by atoms with Crippen LogP contribution >= 0.6 is 0 Å². The zero-order chi connectivity index (χ0) is 25.9. The summed E-state index contributed by atoms with van der Waals surface area (Å²) in [6, 6.07) is 0.206. The van der Waals surface area contributed by atoms with E-state index in [0.29, 0.717) is 11.9 Å². The molecule has 0 spiro atoms. The normalized spacial score (nSPS) is 27.8. The lowest BCUT2D eigenvalue weighted by atomic mass is 9.82. The highest BCUT2D eigenvalue weighted by Gasteiger charge is 2.54. The molecule has 13 nitrogen and oxygen atoms in total. The van der Waals surface area contributed by atoms with Crippen LogP contribution in [0, 0.1) is 0 Å². The van der Waals surface area contributed by atoms with Gasteiger partial charge in [-0.05, 0) is 37.1 Å². The first-order valence-corrected chi connectivity index (χ1v) is 10.8. The molecule has 4 rings (SSSR count). The Bertz CT molecular complexity index is 1070. The Hall–Kier alpha value is -2.94. The first kappa shape index (κ1) is 25.2. The van der Waals surface area contributed by atoms with Crippen molar-refractivity contribution in [2.24, 2.45) is 0 Å². The van der Waals surface area contributed by atoms with Crippen molar-refractivity contribution in [1.29, 1.82) is 0 Å². The standard InChI is InChI=1S/C22H29N3O10/c1-21(2)33-17-13(27)7-11(15(19(17)34-21)24(4)25(5)20(28)23-3)10-8-14-18(35-22(29,30)32-14)16(31-6)12(10)9-26/h7-9,13,15,17,19,27,29-30H,1-6H3,(H,23,28)/t13-,15+,17?,19?/m0/s1. The molecule has 192 valence electrons. The van der Waals surface area contributed by atoms with Gasteiger partial charge in [0.25, 0.3) is 0 Å². The van der Waals surface area contributed by atoms with Crippen LogP contribution in [0.3, 0.4) is 0 Å². The average molecular weight is 495 g/mol. The van der Waals surface area contributed by atoms with Gasteiger partial charge in [0, 0.05) is 21.1 Å². The molecule has 4 N–H and O–H groups in total. The molecule has 0 saturated carbocycles. The van der Waals surface area contributed by atoms with Crippen molar-refractivity contribution >= 4 is 17.9 Å². The van der Waals surface area contributed by atoms with Gasteiger partial charge >= 0.3 is 12.2 Å². The van der Waals surface area contributed by atoms with E-state index in [0.717, 1.165) is 0 Å². The minimum Gasteiger partial charge on any atom is -0.492 e. The summed E-state index contributed by atoms with van der Waals surface area (Å²) < 4.78 is 27.5. The van der Waals surface area contributed by atoms with Crippen molar-refractivity contribution in [3.63, 3.8) is 0 Å². The molecule has 2 aliphatic heterocycles. The average Bonchev–Trinajstić information content (AvgIpc) is 3.29. The predicted molar refractivity (Wildman–Crippen MR) is 118 cm³/mol. The van der Waals surface area contributed by atoms with Gasteiger partial charge in [-0.1, -0.05) is 0 Å². The fraction of sp³-hybridized carbons (Fsp3) is 0.545. The Kier molecular flexibility index (Phi) is 6.20. The molecule has 0 radical (unpaired) electrons. The monoisotopic (exact) mass is 495 g/mol. The SMILES string of the molecule is CNC(=O)N(C)N(C)[C@@H]1C(c2cc3c(c(OC)c2C=O)OC(O)(O)O3)=C[C@H](O)C2OC(C)(C)OC21. The first-order valence-electron chi connectivity index (χ1n) is 10.8. The van der Waals surface area contributed by atoms with Gasteiger partial charge in [0.1, 0.15) is 18.3 Å². The van der Waals surface area contributed by atoms with Gasteiger partial charge in [0.2, 0.25) is 5.75 Å². The number of aliphatic hydroxyl groups is 3. The largest absolute Gasteiger partial charge is 0.505 e. The lowest BCUT2D eigenvalue weighted by Crippen LogP contribution is -2.59. The van der Waals surface area contributed by atoms with Gasteiger partial charge in [-0.2, -0.15) is 0 Å². The fourth-order valence-electron chi connectivity index (χ4n) is 4.69. The number of aldehydes is 1. The summed E-state index contributed by atoms with van der Waals surface area (Å²) in [5.74, 6) is -1.40. The molecule has 1 aromatic carbocycles. The minimum atomic E-state index is -2.96. The number of methoxy groups -OCH3 is 1. The lowest BCUT2D eigenvalue weighted by Gasteiger charge is -2.43. The van der Waals surface area contributed by atoms with E-state index in [9.17, 15) is 24.9 Å². The number of nitrogens with one attached hydrogen (secondary N) is 1. The van der Waals surface area contributed by atoms with Crippen LogP contribution in [-0.4, -0.2) is 102 Å². The number of rotatable bonds is 5. The lowest BCUT2D eigenvalue weighted by molar-refractivity contribution is -0.385. The topological polar surface area (TPSA) is 159 Å². The molecule has 2 unspecified atom stereocenters.